The topological polar surface area (TPSA) is 46.5 Å². The molecule has 0 aromatic heterocycles. The van der Waals surface area contributed by atoms with Gasteiger partial charge in [0, 0.05) is 13.0 Å². The summed E-state index contributed by atoms with van der Waals surface area (Å²) in [7, 11) is 1.57. The summed E-state index contributed by atoms with van der Waals surface area (Å²) in [6.07, 6.45) is 0. The van der Waals surface area contributed by atoms with E-state index in [9.17, 15) is 4.79 Å². The molecule has 0 saturated carbocycles. The molecule has 3 heteroatoms. The van der Waals surface area contributed by atoms with Gasteiger partial charge in [-0.15, -0.1) is 0 Å². The average molecular weight is 208 g/mol. The lowest BCUT2D eigenvalue weighted by Gasteiger charge is -2.16. The molecule has 0 bridgehead atoms. The van der Waals surface area contributed by atoms with Gasteiger partial charge >= 0.3 is 5.97 Å². The van der Waals surface area contributed by atoms with Crippen LogP contribution >= 0.6 is 0 Å². The van der Waals surface area contributed by atoms with Gasteiger partial charge in [-0.25, -0.2) is 4.79 Å². The summed E-state index contributed by atoms with van der Waals surface area (Å²) in [5, 5.41) is 8.40. The SMILES string of the molecule is COC(C)(C)C#CC(C)(C)C#CC(=O)O. The van der Waals surface area contributed by atoms with Crippen LogP contribution in [0.25, 0.3) is 0 Å². The third kappa shape index (κ3) is 6.60. The molecule has 0 spiro atoms. The Kier molecular flexibility index (Phi) is 4.40. The predicted molar refractivity (Wildman–Crippen MR) is 58.1 cm³/mol. The number of carboxylic acids is 1. The maximum Gasteiger partial charge on any atom is 0.381 e. The highest BCUT2D eigenvalue weighted by Gasteiger charge is 2.15. The Hall–Kier alpha value is -1.45. The number of carbonyl (C=O) groups is 1. The van der Waals surface area contributed by atoms with E-state index in [-0.39, 0.29) is 0 Å². The molecule has 0 aromatic carbocycles. The van der Waals surface area contributed by atoms with E-state index in [0.717, 1.165) is 0 Å². The third-order valence-corrected chi connectivity index (χ3v) is 1.67. The molecule has 0 heterocycles. The lowest BCUT2D eigenvalue weighted by atomic mass is 9.94. The molecule has 0 aliphatic heterocycles. The van der Waals surface area contributed by atoms with Crippen LogP contribution in [0, 0.1) is 29.1 Å². The van der Waals surface area contributed by atoms with E-state index in [4.69, 9.17) is 9.84 Å². The first-order valence-corrected chi connectivity index (χ1v) is 4.54. The molecule has 0 saturated heterocycles. The third-order valence-electron chi connectivity index (χ3n) is 1.67. The summed E-state index contributed by atoms with van der Waals surface area (Å²) in [5.41, 5.74) is -1.18. The molecule has 0 atom stereocenters. The minimum Gasteiger partial charge on any atom is -0.472 e. The molecule has 15 heavy (non-hydrogen) atoms. The molecule has 0 radical (unpaired) electrons. The van der Waals surface area contributed by atoms with E-state index in [2.05, 4.69) is 23.7 Å². The predicted octanol–water partition coefficient (Wildman–Crippen LogP) is 1.53. The second-order valence-corrected chi connectivity index (χ2v) is 4.14. The van der Waals surface area contributed by atoms with Gasteiger partial charge in [-0.2, -0.15) is 0 Å². The number of ether oxygens (including phenoxy) is 1. The monoisotopic (exact) mass is 208 g/mol. The van der Waals surface area contributed by atoms with Crippen molar-refractivity contribution >= 4 is 5.97 Å². The van der Waals surface area contributed by atoms with Crippen molar-refractivity contribution in [1.82, 2.24) is 0 Å². The summed E-state index contributed by atoms with van der Waals surface area (Å²) in [6.45, 7) is 7.20. The zero-order chi connectivity index (χ0) is 12.1. The van der Waals surface area contributed by atoms with Crippen LogP contribution in [0.1, 0.15) is 27.7 Å². The lowest BCUT2D eigenvalue weighted by Crippen LogP contribution is -2.20. The van der Waals surface area contributed by atoms with Crippen LogP contribution in [-0.2, 0) is 9.53 Å². The molecule has 0 aliphatic carbocycles. The number of hydrogen-bond acceptors (Lipinski definition) is 2. The van der Waals surface area contributed by atoms with Crippen LogP contribution in [0.15, 0.2) is 0 Å². The van der Waals surface area contributed by atoms with Crippen LogP contribution in [0.5, 0.6) is 0 Å². The van der Waals surface area contributed by atoms with E-state index >= 15 is 0 Å². The van der Waals surface area contributed by atoms with Gasteiger partial charge < -0.3 is 9.84 Å². The number of rotatable bonds is 1. The van der Waals surface area contributed by atoms with Crippen molar-refractivity contribution < 1.29 is 14.6 Å². The quantitative estimate of drug-likeness (QED) is 0.665. The van der Waals surface area contributed by atoms with Crippen LogP contribution < -0.4 is 0 Å². The fourth-order valence-electron chi connectivity index (χ4n) is 0.599. The lowest BCUT2D eigenvalue weighted by molar-refractivity contribution is -0.130. The Morgan fingerprint density at radius 2 is 1.67 bits per heavy atom. The molecule has 82 valence electrons. The molecular formula is C12H16O3. The van der Waals surface area contributed by atoms with Crippen LogP contribution in [0.2, 0.25) is 0 Å². The van der Waals surface area contributed by atoms with E-state index < -0.39 is 17.0 Å². The maximum absolute atomic E-state index is 10.3. The van der Waals surface area contributed by atoms with Gasteiger partial charge in [0.05, 0.1) is 5.41 Å². The van der Waals surface area contributed by atoms with E-state index in [1.165, 1.54) is 0 Å². The Bertz CT molecular complexity index is 356. The van der Waals surface area contributed by atoms with E-state index in [0.29, 0.717) is 0 Å². The van der Waals surface area contributed by atoms with Gasteiger partial charge in [0.2, 0.25) is 0 Å². The number of methoxy groups -OCH3 is 1. The summed E-state index contributed by atoms with van der Waals surface area (Å²) in [4.78, 5) is 10.3. The Morgan fingerprint density at radius 3 is 2.07 bits per heavy atom. The van der Waals surface area contributed by atoms with Crippen molar-refractivity contribution in [1.29, 1.82) is 0 Å². The van der Waals surface area contributed by atoms with Gasteiger partial charge in [-0.1, -0.05) is 17.8 Å². The molecule has 1 N–H and O–H groups in total. The highest BCUT2D eigenvalue weighted by molar-refractivity contribution is 5.86. The number of hydrogen-bond donors (Lipinski definition) is 1. The zero-order valence-electron chi connectivity index (χ0n) is 9.76. The summed E-state index contributed by atoms with van der Waals surface area (Å²) >= 11 is 0. The van der Waals surface area contributed by atoms with Gasteiger partial charge in [-0.05, 0) is 27.7 Å². The van der Waals surface area contributed by atoms with Crippen LogP contribution in [0.4, 0.5) is 0 Å². The Labute approximate surface area is 90.8 Å². The van der Waals surface area contributed by atoms with Crippen LogP contribution in [-0.4, -0.2) is 23.8 Å². The molecule has 0 fully saturated rings. The standard InChI is InChI=1S/C12H16O3/c1-11(2,7-6-10(13)14)8-9-12(3,4)15-5/h1-5H3,(H,13,14). The van der Waals surface area contributed by atoms with Crippen molar-refractivity contribution in [2.45, 2.75) is 33.3 Å². The van der Waals surface area contributed by atoms with Gasteiger partial charge in [0.25, 0.3) is 0 Å². The van der Waals surface area contributed by atoms with Crippen molar-refractivity contribution in [3.63, 3.8) is 0 Å². The average Bonchev–Trinajstić information content (AvgIpc) is 2.13. The zero-order valence-corrected chi connectivity index (χ0v) is 9.76. The number of aliphatic carboxylic acids is 1. The van der Waals surface area contributed by atoms with E-state index in [1.54, 1.807) is 21.0 Å². The van der Waals surface area contributed by atoms with Crippen molar-refractivity contribution in [2.75, 3.05) is 7.11 Å². The second-order valence-electron chi connectivity index (χ2n) is 4.14. The fraction of sp³-hybridized carbons (Fsp3) is 0.583. The molecule has 0 rings (SSSR count). The smallest absolute Gasteiger partial charge is 0.381 e. The fourth-order valence-corrected chi connectivity index (χ4v) is 0.599. The van der Waals surface area contributed by atoms with Crippen LogP contribution in [0.3, 0.4) is 0 Å². The highest BCUT2D eigenvalue weighted by Crippen LogP contribution is 2.13. The first-order valence-electron chi connectivity index (χ1n) is 4.54. The van der Waals surface area contributed by atoms with Crippen molar-refractivity contribution in [3.8, 4) is 23.7 Å². The normalized spacial score (nSPS) is 10.7. The Morgan fingerprint density at radius 1 is 1.13 bits per heavy atom. The minimum absolute atomic E-state index is 0.540. The molecule has 3 nitrogen and oxygen atoms in total. The first-order chi connectivity index (χ1) is 6.68. The van der Waals surface area contributed by atoms with Gasteiger partial charge in [0.1, 0.15) is 5.60 Å². The maximum atomic E-state index is 10.3. The largest absolute Gasteiger partial charge is 0.472 e. The van der Waals surface area contributed by atoms with Crippen molar-refractivity contribution in [2.24, 2.45) is 5.41 Å². The second kappa shape index (κ2) is 4.87. The summed E-state index contributed by atoms with van der Waals surface area (Å²) in [5.74, 6) is 9.30. The molecule has 0 unspecified atom stereocenters. The molecule has 0 amide bonds. The van der Waals surface area contributed by atoms with E-state index in [1.807, 2.05) is 13.8 Å². The van der Waals surface area contributed by atoms with Gasteiger partial charge in [-0.3, -0.25) is 0 Å². The minimum atomic E-state index is -1.14. The first kappa shape index (κ1) is 13.5. The summed E-state index contributed by atoms with van der Waals surface area (Å²) < 4.78 is 5.12. The molecular weight excluding hydrogens is 192 g/mol. The number of carboxylic acid groups (broad SMARTS) is 1. The molecule has 0 aliphatic rings. The summed E-state index contributed by atoms with van der Waals surface area (Å²) in [6, 6.07) is 0. The van der Waals surface area contributed by atoms with Crippen molar-refractivity contribution in [3.05, 3.63) is 0 Å². The highest BCUT2D eigenvalue weighted by atomic mass is 16.5. The van der Waals surface area contributed by atoms with Gasteiger partial charge in [0.15, 0.2) is 0 Å². The Balaban J connectivity index is 4.80. The molecule has 0 aromatic rings.